The van der Waals surface area contributed by atoms with Gasteiger partial charge in [-0.1, -0.05) is 45.7 Å². The molecule has 0 radical (unpaired) electrons. The number of allylic oxidation sites excluding steroid dienone is 2. The van der Waals surface area contributed by atoms with Gasteiger partial charge in [-0.15, -0.1) is 0 Å². The van der Waals surface area contributed by atoms with E-state index in [1.807, 2.05) is 30.3 Å². The molecule has 0 bridgehead atoms. The van der Waals surface area contributed by atoms with Gasteiger partial charge in [-0.05, 0) is 46.7 Å². The average molecular weight is 421 g/mol. The number of aliphatic hydroxyl groups is 1. The maximum Gasteiger partial charge on any atom is 0.0692 e. The topological polar surface area (TPSA) is 25.2 Å². The molecule has 122 valence electrons. The van der Waals surface area contributed by atoms with Gasteiger partial charge in [0, 0.05) is 31.7 Å². The summed E-state index contributed by atoms with van der Waals surface area (Å²) in [5, 5.41) is 15.8. The highest BCUT2D eigenvalue weighted by molar-refractivity contribution is 9.10. The molecule has 1 aromatic heterocycles. The van der Waals surface area contributed by atoms with E-state index in [1.165, 1.54) is 10.3 Å². The Hall–Kier alpha value is -1.46. The minimum absolute atomic E-state index is 0.0229. The number of hydrogen-bond donors (Lipinski definition) is 2. The van der Waals surface area contributed by atoms with Crippen molar-refractivity contribution >= 4 is 49.3 Å². The number of rotatable bonds is 3. The number of aromatic nitrogens is 1. The highest BCUT2D eigenvalue weighted by Crippen LogP contribution is 2.47. The van der Waals surface area contributed by atoms with Gasteiger partial charge in [-0.3, -0.25) is 0 Å². The van der Waals surface area contributed by atoms with Crippen LogP contribution >= 0.6 is 38.4 Å². The molecule has 1 aliphatic heterocycles. The van der Waals surface area contributed by atoms with Crippen molar-refractivity contribution in [3.05, 3.63) is 80.6 Å². The number of benzene rings is 2. The van der Waals surface area contributed by atoms with E-state index in [4.69, 9.17) is 11.6 Å². The summed E-state index contributed by atoms with van der Waals surface area (Å²) in [5.41, 5.74) is 3.07. The third kappa shape index (κ3) is 2.74. The normalized spacial score (nSPS) is 14.9. The first-order valence-corrected chi connectivity index (χ1v) is 10.2. The van der Waals surface area contributed by atoms with Gasteiger partial charge in [-0.2, -0.15) is 10.9 Å². The van der Waals surface area contributed by atoms with Crippen LogP contribution in [0.5, 0.6) is 0 Å². The van der Waals surface area contributed by atoms with Crippen molar-refractivity contribution in [2.24, 2.45) is 0 Å². The summed E-state index contributed by atoms with van der Waals surface area (Å²) in [6.07, 6.45) is 6.41. The molecule has 0 saturated heterocycles. The second-order valence-corrected chi connectivity index (χ2v) is 8.75. The monoisotopic (exact) mass is 419 g/mol. The second kappa shape index (κ2) is 6.45. The van der Waals surface area contributed by atoms with Crippen LogP contribution in [0.4, 0.5) is 0 Å². The van der Waals surface area contributed by atoms with E-state index >= 15 is 0 Å². The first kappa shape index (κ1) is 16.0. The molecule has 2 aromatic carbocycles. The van der Waals surface area contributed by atoms with Gasteiger partial charge in [0.25, 0.3) is 0 Å². The van der Waals surface area contributed by atoms with Gasteiger partial charge in [0.2, 0.25) is 0 Å². The van der Waals surface area contributed by atoms with E-state index in [2.05, 4.69) is 55.7 Å². The summed E-state index contributed by atoms with van der Waals surface area (Å²) in [7, 11) is -0.431. The molecule has 1 N–H and O–H groups in total. The van der Waals surface area contributed by atoms with Crippen LogP contribution in [0.25, 0.3) is 16.6 Å². The molecule has 2 heterocycles. The minimum Gasteiger partial charge on any atom is -0.392 e. The maximum absolute atomic E-state index is 9.37. The lowest BCUT2D eigenvalue weighted by Crippen LogP contribution is -1.94. The summed E-state index contributed by atoms with van der Waals surface area (Å²) in [5.74, 6) is 0. The van der Waals surface area contributed by atoms with Crippen LogP contribution in [0.2, 0.25) is 5.02 Å². The van der Waals surface area contributed by atoms with Crippen molar-refractivity contribution < 1.29 is 5.11 Å². The van der Waals surface area contributed by atoms with Crippen molar-refractivity contribution in [1.29, 1.82) is 0 Å². The largest absolute Gasteiger partial charge is 0.392 e. The quantitative estimate of drug-likeness (QED) is 0.504. The second-order valence-electron chi connectivity index (χ2n) is 5.57. The molecule has 2 nitrogen and oxygen atoms in total. The van der Waals surface area contributed by atoms with E-state index in [0.29, 0.717) is 0 Å². The van der Waals surface area contributed by atoms with Crippen LogP contribution < -0.4 is 0 Å². The molecular formula is C19H15BrClNOS. The Morgan fingerprint density at radius 3 is 2.58 bits per heavy atom. The summed E-state index contributed by atoms with van der Waals surface area (Å²) in [4.78, 5) is 1.30. The summed E-state index contributed by atoms with van der Waals surface area (Å²) in [6, 6.07) is 12.0. The first-order chi connectivity index (χ1) is 11.7. The molecule has 0 saturated carbocycles. The number of aliphatic hydroxyl groups excluding tert-OH is 1. The molecule has 0 aliphatic carbocycles. The Bertz CT molecular complexity index is 980. The van der Waals surface area contributed by atoms with E-state index in [-0.39, 0.29) is 6.61 Å². The molecule has 5 heteroatoms. The zero-order valence-electron chi connectivity index (χ0n) is 12.7. The van der Waals surface area contributed by atoms with Crippen molar-refractivity contribution in [3.8, 4) is 5.69 Å². The Labute approximate surface area is 156 Å². The van der Waals surface area contributed by atoms with E-state index in [1.54, 1.807) is 0 Å². The lowest BCUT2D eigenvalue weighted by atomic mass is 10.2. The van der Waals surface area contributed by atoms with Crippen molar-refractivity contribution in [3.63, 3.8) is 0 Å². The van der Waals surface area contributed by atoms with Gasteiger partial charge < -0.3 is 9.67 Å². The fourth-order valence-electron chi connectivity index (χ4n) is 2.91. The predicted molar refractivity (Wildman–Crippen MR) is 107 cm³/mol. The Balaban J connectivity index is 1.94. The lowest BCUT2D eigenvalue weighted by molar-refractivity contribution is 0.281. The highest BCUT2D eigenvalue weighted by Gasteiger charge is 2.15. The van der Waals surface area contributed by atoms with Crippen molar-refractivity contribution in [2.45, 2.75) is 11.5 Å². The number of fused-ring (bicyclic) bond motifs is 1. The SMILES string of the molecule is OCc1ccc(-n2cc([SH]3C=CC=C3)c3cc(Cl)ccc32)cc1Br. The lowest BCUT2D eigenvalue weighted by Gasteiger charge is -2.09. The number of thiol groups is 1. The first-order valence-electron chi connectivity index (χ1n) is 7.51. The molecular weight excluding hydrogens is 406 g/mol. The molecule has 0 amide bonds. The Kier molecular flexibility index (Phi) is 4.31. The number of hydrogen-bond acceptors (Lipinski definition) is 1. The average Bonchev–Trinajstić information content (AvgIpc) is 3.21. The standard InChI is InChI=1S/C19H15BrClNOS/c20-17-10-15(5-3-13(17)12-23)22-11-19(24-7-1-2-8-24)16-9-14(21)4-6-18(16)22/h1-11,23-24H,12H2. The van der Waals surface area contributed by atoms with Gasteiger partial charge in [-0.25, -0.2) is 0 Å². The summed E-state index contributed by atoms with van der Waals surface area (Å²) >= 11 is 9.78. The molecule has 1 aliphatic rings. The van der Waals surface area contributed by atoms with Gasteiger partial charge in [0.05, 0.1) is 12.1 Å². The third-order valence-corrected chi connectivity index (χ3v) is 6.99. The van der Waals surface area contributed by atoms with Crippen LogP contribution in [0.3, 0.4) is 0 Å². The maximum atomic E-state index is 9.37. The Morgan fingerprint density at radius 2 is 1.88 bits per heavy atom. The highest BCUT2D eigenvalue weighted by atomic mass is 79.9. The fourth-order valence-corrected chi connectivity index (χ4v) is 5.27. The van der Waals surface area contributed by atoms with Crippen molar-refractivity contribution in [2.75, 3.05) is 0 Å². The molecule has 4 rings (SSSR count). The van der Waals surface area contributed by atoms with E-state index < -0.39 is 10.9 Å². The zero-order chi connectivity index (χ0) is 16.7. The van der Waals surface area contributed by atoms with Crippen LogP contribution in [-0.4, -0.2) is 9.67 Å². The van der Waals surface area contributed by atoms with Crippen LogP contribution in [0.1, 0.15) is 5.56 Å². The molecule has 3 aromatic rings. The Morgan fingerprint density at radius 1 is 1.08 bits per heavy atom. The minimum atomic E-state index is -0.431. The van der Waals surface area contributed by atoms with Gasteiger partial charge >= 0.3 is 0 Å². The van der Waals surface area contributed by atoms with Crippen LogP contribution in [0.15, 0.2) is 74.9 Å². The van der Waals surface area contributed by atoms with Crippen LogP contribution in [0, 0.1) is 0 Å². The van der Waals surface area contributed by atoms with E-state index in [9.17, 15) is 5.11 Å². The molecule has 0 fully saturated rings. The van der Waals surface area contributed by atoms with Gasteiger partial charge in [0.1, 0.15) is 0 Å². The molecule has 24 heavy (non-hydrogen) atoms. The van der Waals surface area contributed by atoms with E-state index in [0.717, 1.165) is 26.3 Å². The molecule has 0 spiro atoms. The molecule has 0 atom stereocenters. The smallest absolute Gasteiger partial charge is 0.0692 e. The zero-order valence-corrected chi connectivity index (χ0v) is 15.9. The molecule has 0 unspecified atom stereocenters. The van der Waals surface area contributed by atoms with Crippen molar-refractivity contribution in [1.82, 2.24) is 4.57 Å². The van der Waals surface area contributed by atoms with Crippen LogP contribution in [-0.2, 0) is 6.61 Å². The summed E-state index contributed by atoms with van der Waals surface area (Å²) in [6.45, 7) is 0.0229. The van der Waals surface area contributed by atoms with Gasteiger partial charge in [0.15, 0.2) is 0 Å². The fraction of sp³-hybridized carbons (Fsp3) is 0.0526. The number of nitrogens with zero attached hydrogens (tertiary/aromatic N) is 1. The third-order valence-electron chi connectivity index (χ3n) is 4.11. The summed E-state index contributed by atoms with van der Waals surface area (Å²) < 4.78 is 3.10. The predicted octanol–water partition coefficient (Wildman–Crippen LogP) is 5.94. The number of halogens is 2.